The fraction of sp³-hybridized carbons (Fsp3) is 0.250. The van der Waals surface area contributed by atoms with E-state index in [0.717, 1.165) is 43.0 Å². The van der Waals surface area contributed by atoms with E-state index in [4.69, 9.17) is 4.74 Å². The van der Waals surface area contributed by atoms with E-state index in [1.807, 2.05) is 30.3 Å². The van der Waals surface area contributed by atoms with Gasteiger partial charge < -0.3 is 20.1 Å². The molecule has 0 radical (unpaired) electrons. The molecule has 0 spiro atoms. The first-order valence-electron chi connectivity index (χ1n) is 10.2. The molecule has 2 aromatic rings. The van der Waals surface area contributed by atoms with E-state index in [9.17, 15) is 14.7 Å². The quantitative estimate of drug-likeness (QED) is 0.822. The Hall–Kier alpha value is -3.38. The smallest absolute Gasteiger partial charge is 0.335 e. The fourth-order valence-corrected chi connectivity index (χ4v) is 4.58. The fourth-order valence-electron chi connectivity index (χ4n) is 4.58. The van der Waals surface area contributed by atoms with Crippen LogP contribution in [0.4, 0.5) is 5.69 Å². The molecule has 2 aromatic carbocycles. The molecule has 152 valence electrons. The van der Waals surface area contributed by atoms with Crippen molar-refractivity contribution in [2.75, 3.05) is 31.1 Å². The van der Waals surface area contributed by atoms with Crippen LogP contribution in [0, 0.1) is 5.92 Å². The number of fused-ring (bicyclic) bond motifs is 2. The molecule has 0 aromatic heterocycles. The zero-order valence-electron chi connectivity index (χ0n) is 16.4. The van der Waals surface area contributed by atoms with Crippen LogP contribution in [-0.4, -0.2) is 43.0 Å². The number of piperazine rings is 1. The maximum atomic E-state index is 12.0. The molecule has 1 fully saturated rings. The number of carboxylic acids is 1. The number of allylic oxidation sites excluding steroid dienone is 3. The normalized spacial score (nSPS) is 22.6. The first-order chi connectivity index (χ1) is 14.6. The summed E-state index contributed by atoms with van der Waals surface area (Å²) in [7, 11) is 0. The summed E-state index contributed by atoms with van der Waals surface area (Å²) in [6.45, 7) is 3.69. The number of carbonyl (C=O) groups excluding carboxylic acids is 1. The minimum absolute atomic E-state index is 0.117. The van der Waals surface area contributed by atoms with Gasteiger partial charge in [-0.15, -0.1) is 0 Å². The topological polar surface area (TPSA) is 78.9 Å². The number of aromatic carboxylic acids is 1. The number of ether oxygens (including phenoxy) is 1. The molecule has 2 aliphatic heterocycles. The average Bonchev–Trinajstić information content (AvgIpc) is 2.77. The summed E-state index contributed by atoms with van der Waals surface area (Å²) in [4.78, 5) is 26.2. The lowest BCUT2D eigenvalue weighted by molar-refractivity contribution is -0.110. The van der Waals surface area contributed by atoms with E-state index in [1.54, 1.807) is 12.1 Å². The third-order valence-electron chi connectivity index (χ3n) is 6.01. The van der Waals surface area contributed by atoms with Gasteiger partial charge in [0.25, 0.3) is 0 Å². The van der Waals surface area contributed by atoms with Crippen molar-refractivity contribution in [3.8, 4) is 5.75 Å². The third kappa shape index (κ3) is 3.19. The number of nitrogens with zero attached hydrogens (tertiary/aromatic N) is 1. The van der Waals surface area contributed by atoms with Crippen LogP contribution in [0.3, 0.4) is 0 Å². The number of rotatable bonds is 3. The van der Waals surface area contributed by atoms with Gasteiger partial charge in [-0.25, -0.2) is 4.79 Å². The first kappa shape index (κ1) is 18.6. The molecule has 30 heavy (non-hydrogen) atoms. The second-order valence-electron chi connectivity index (χ2n) is 7.77. The van der Waals surface area contributed by atoms with Crippen molar-refractivity contribution < 1.29 is 19.4 Å². The van der Waals surface area contributed by atoms with Gasteiger partial charge in [0.1, 0.15) is 11.5 Å². The van der Waals surface area contributed by atoms with Gasteiger partial charge >= 0.3 is 5.97 Å². The van der Waals surface area contributed by atoms with Crippen LogP contribution < -0.4 is 15.0 Å². The number of benzene rings is 2. The van der Waals surface area contributed by atoms with Crippen LogP contribution in [-0.2, 0) is 4.79 Å². The molecule has 1 saturated heterocycles. The molecule has 2 unspecified atom stereocenters. The van der Waals surface area contributed by atoms with Crippen molar-refractivity contribution in [2.45, 2.75) is 5.92 Å². The second-order valence-corrected chi connectivity index (χ2v) is 7.77. The number of carbonyl (C=O) groups is 2. The van der Waals surface area contributed by atoms with Crippen molar-refractivity contribution >= 4 is 17.4 Å². The average molecular weight is 402 g/mol. The van der Waals surface area contributed by atoms with Gasteiger partial charge in [-0.3, -0.25) is 4.79 Å². The van der Waals surface area contributed by atoms with E-state index in [1.165, 1.54) is 12.2 Å². The van der Waals surface area contributed by atoms with Crippen molar-refractivity contribution in [1.29, 1.82) is 0 Å². The number of hydrogen-bond acceptors (Lipinski definition) is 5. The minimum Gasteiger partial charge on any atom is -0.478 e. The maximum absolute atomic E-state index is 12.0. The largest absolute Gasteiger partial charge is 0.478 e. The SMILES string of the molecule is O=C1C=CC2C(=C1)Oc1cc(N3CCNCC3)ccc1C2c1ccccc1C(=O)O. The zero-order chi connectivity index (χ0) is 20.7. The Balaban J connectivity index is 1.65. The van der Waals surface area contributed by atoms with Gasteiger partial charge in [-0.2, -0.15) is 0 Å². The van der Waals surface area contributed by atoms with Gasteiger partial charge in [0, 0.05) is 61.4 Å². The molecule has 6 heteroatoms. The lowest BCUT2D eigenvalue weighted by Crippen LogP contribution is -2.43. The predicted octanol–water partition coefficient (Wildman–Crippen LogP) is 2.96. The highest BCUT2D eigenvalue weighted by molar-refractivity contribution is 6.01. The first-order valence-corrected chi connectivity index (χ1v) is 10.2. The number of ketones is 1. The second kappa shape index (κ2) is 7.46. The zero-order valence-corrected chi connectivity index (χ0v) is 16.4. The Bertz CT molecular complexity index is 1080. The van der Waals surface area contributed by atoms with Crippen molar-refractivity contribution in [1.82, 2.24) is 5.32 Å². The van der Waals surface area contributed by atoms with E-state index in [2.05, 4.69) is 16.3 Å². The molecule has 3 aliphatic rings. The minimum atomic E-state index is -0.961. The standard InChI is InChI=1S/C24H22N2O4/c27-16-6-8-20-22(14-16)30-21-13-15(26-11-9-25-10-12-26)5-7-19(21)23(20)17-3-1-2-4-18(17)24(28)29/h1-8,13-14,20,23,25H,9-12H2,(H,28,29). The summed E-state index contributed by atoms with van der Waals surface area (Å²) in [5.41, 5.74) is 2.99. The van der Waals surface area contributed by atoms with E-state index in [-0.39, 0.29) is 23.2 Å². The molecule has 2 heterocycles. The Morgan fingerprint density at radius 3 is 2.70 bits per heavy atom. The lowest BCUT2D eigenvalue weighted by atomic mass is 9.74. The Morgan fingerprint density at radius 2 is 1.90 bits per heavy atom. The number of anilines is 1. The van der Waals surface area contributed by atoms with E-state index >= 15 is 0 Å². The highest BCUT2D eigenvalue weighted by Gasteiger charge is 2.38. The van der Waals surface area contributed by atoms with Crippen LogP contribution in [0.2, 0.25) is 0 Å². The van der Waals surface area contributed by atoms with Gasteiger partial charge in [-0.1, -0.05) is 30.3 Å². The van der Waals surface area contributed by atoms with Crippen molar-refractivity contribution in [2.24, 2.45) is 5.92 Å². The molecular formula is C24H22N2O4. The van der Waals surface area contributed by atoms with Crippen LogP contribution in [0.1, 0.15) is 27.4 Å². The summed E-state index contributed by atoms with van der Waals surface area (Å²) >= 11 is 0. The highest BCUT2D eigenvalue weighted by atomic mass is 16.5. The van der Waals surface area contributed by atoms with Crippen LogP contribution in [0.5, 0.6) is 5.75 Å². The van der Waals surface area contributed by atoms with Crippen LogP contribution in [0.15, 0.2) is 66.5 Å². The van der Waals surface area contributed by atoms with E-state index in [0.29, 0.717) is 11.5 Å². The summed E-state index contributed by atoms with van der Waals surface area (Å²) < 4.78 is 6.19. The molecule has 6 nitrogen and oxygen atoms in total. The van der Waals surface area contributed by atoms with E-state index < -0.39 is 5.97 Å². The number of hydrogen-bond donors (Lipinski definition) is 2. The Morgan fingerprint density at radius 1 is 1.10 bits per heavy atom. The van der Waals surface area contributed by atoms with Gasteiger partial charge in [0.15, 0.2) is 5.78 Å². The summed E-state index contributed by atoms with van der Waals surface area (Å²) in [5, 5.41) is 13.1. The van der Waals surface area contributed by atoms with Crippen LogP contribution >= 0.6 is 0 Å². The third-order valence-corrected chi connectivity index (χ3v) is 6.01. The molecule has 0 saturated carbocycles. The maximum Gasteiger partial charge on any atom is 0.335 e. The van der Waals surface area contributed by atoms with Gasteiger partial charge in [0.05, 0.1) is 5.56 Å². The molecule has 0 bridgehead atoms. The van der Waals surface area contributed by atoms with Crippen molar-refractivity contribution in [3.05, 3.63) is 83.1 Å². The highest BCUT2D eigenvalue weighted by Crippen LogP contribution is 2.48. The molecule has 2 N–H and O–H groups in total. The van der Waals surface area contributed by atoms with Crippen molar-refractivity contribution in [3.63, 3.8) is 0 Å². The predicted molar refractivity (Wildman–Crippen MR) is 113 cm³/mol. The molecule has 5 rings (SSSR count). The number of nitrogens with one attached hydrogen (secondary N) is 1. The Labute approximate surface area is 174 Å². The van der Waals surface area contributed by atoms with Gasteiger partial charge in [0.2, 0.25) is 0 Å². The molecule has 2 atom stereocenters. The Kier molecular flexibility index (Phi) is 4.64. The number of carboxylic acid groups (broad SMARTS) is 1. The lowest BCUT2D eigenvalue weighted by Gasteiger charge is -2.37. The summed E-state index contributed by atoms with van der Waals surface area (Å²) in [6.07, 6.45) is 4.88. The van der Waals surface area contributed by atoms with Crippen LogP contribution in [0.25, 0.3) is 0 Å². The van der Waals surface area contributed by atoms with Gasteiger partial charge in [-0.05, 0) is 23.8 Å². The molecular weight excluding hydrogens is 380 g/mol. The molecule has 1 aliphatic carbocycles. The summed E-state index contributed by atoms with van der Waals surface area (Å²) in [5.74, 6) is -0.292. The molecule has 0 amide bonds. The monoisotopic (exact) mass is 402 g/mol. The summed E-state index contributed by atoms with van der Waals surface area (Å²) in [6, 6.07) is 13.2.